The lowest BCUT2D eigenvalue weighted by atomic mass is 9.69. The molecule has 0 spiro atoms. The van der Waals surface area contributed by atoms with Crippen molar-refractivity contribution < 1.29 is 0 Å². The zero-order valence-corrected chi connectivity index (χ0v) is 15.2. The van der Waals surface area contributed by atoms with Crippen molar-refractivity contribution in [2.75, 3.05) is 0 Å². The lowest BCUT2D eigenvalue weighted by Gasteiger charge is -2.41. The summed E-state index contributed by atoms with van der Waals surface area (Å²) in [6.07, 6.45) is 5.13. The second-order valence-electron chi connectivity index (χ2n) is 7.07. The Morgan fingerprint density at radius 1 is 1.05 bits per heavy atom. The lowest BCUT2D eigenvalue weighted by Crippen LogP contribution is -2.44. The van der Waals surface area contributed by atoms with Crippen molar-refractivity contribution in [3.8, 4) is 0 Å². The third-order valence-electron chi connectivity index (χ3n) is 4.56. The molecule has 0 radical (unpaired) electrons. The molecule has 21 heavy (non-hydrogen) atoms. The Hall–Kier alpha value is 0.0500. The van der Waals surface area contributed by atoms with Crippen molar-refractivity contribution >= 4 is 34.8 Å². The van der Waals surface area contributed by atoms with Crippen molar-refractivity contribution in [1.29, 1.82) is 0 Å². The summed E-state index contributed by atoms with van der Waals surface area (Å²) < 4.78 is 0. The molecule has 2 atom stereocenters. The molecule has 2 unspecified atom stereocenters. The van der Waals surface area contributed by atoms with E-state index in [2.05, 4.69) is 26.1 Å². The van der Waals surface area contributed by atoms with E-state index in [-0.39, 0.29) is 0 Å². The predicted octanol–water partition coefficient (Wildman–Crippen LogP) is 6.34. The highest BCUT2D eigenvalue weighted by Gasteiger charge is 2.33. The number of nitrogens with one attached hydrogen (secondary N) is 1. The van der Waals surface area contributed by atoms with Crippen LogP contribution < -0.4 is 5.32 Å². The van der Waals surface area contributed by atoms with E-state index in [1.54, 1.807) is 6.07 Å². The molecule has 0 amide bonds. The fourth-order valence-electron chi connectivity index (χ4n) is 3.38. The maximum absolute atomic E-state index is 6.29. The van der Waals surface area contributed by atoms with Gasteiger partial charge in [0.05, 0.1) is 10.0 Å². The monoisotopic (exact) mass is 347 g/mol. The van der Waals surface area contributed by atoms with Crippen LogP contribution in [0.25, 0.3) is 0 Å². The SMILES string of the molecule is CC(C)(C)C1CCCCC1NCc1c(Cl)ccc(Cl)c1Cl. The highest BCUT2D eigenvalue weighted by Crippen LogP contribution is 2.38. The minimum Gasteiger partial charge on any atom is -0.310 e. The number of hydrogen-bond acceptors (Lipinski definition) is 1. The third-order valence-corrected chi connectivity index (χ3v) is 5.76. The topological polar surface area (TPSA) is 12.0 Å². The molecule has 1 aromatic rings. The first kappa shape index (κ1) is 17.4. The number of hydrogen-bond donors (Lipinski definition) is 1. The second-order valence-corrected chi connectivity index (χ2v) is 8.26. The van der Waals surface area contributed by atoms with Gasteiger partial charge in [-0.15, -0.1) is 0 Å². The summed E-state index contributed by atoms with van der Waals surface area (Å²) in [5, 5.41) is 5.49. The Bertz CT molecular complexity index is 494. The minimum atomic E-state index is 0.319. The normalized spacial score (nSPS) is 23.3. The number of rotatable bonds is 3. The van der Waals surface area contributed by atoms with Gasteiger partial charge in [0, 0.05) is 23.2 Å². The molecule has 118 valence electrons. The summed E-state index contributed by atoms with van der Waals surface area (Å²) in [6, 6.07) is 4.08. The molecule has 1 aliphatic rings. The van der Waals surface area contributed by atoms with Crippen LogP contribution in [0.5, 0.6) is 0 Å². The van der Waals surface area contributed by atoms with Gasteiger partial charge < -0.3 is 5.32 Å². The Labute approximate surface area is 143 Å². The minimum absolute atomic E-state index is 0.319. The van der Waals surface area contributed by atoms with Crippen molar-refractivity contribution in [2.24, 2.45) is 11.3 Å². The third kappa shape index (κ3) is 4.28. The Morgan fingerprint density at radius 2 is 1.67 bits per heavy atom. The van der Waals surface area contributed by atoms with E-state index >= 15 is 0 Å². The lowest BCUT2D eigenvalue weighted by molar-refractivity contribution is 0.130. The largest absolute Gasteiger partial charge is 0.310 e. The van der Waals surface area contributed by atoms with Gasteiger partial charge in [0.25, 0.3) is 0 Å². The molecule has 0 bridgehead atoms. The Kier molecular flexibility index (Phi) is 5.87. The van der Waals surface area contributed by atoms with Crippen molar-refractivity contribution in [1.82, 2.24) is 5.32 Å². The van der Waals surface area contributed by atoms with E-state index in [0.717, 1.165) is 5.56 Å². The van der Waals surface area contributed by atoms with E-state index in [1.165, 1.54) is 25.7 Å². The second kappa shape index (κ2) is 7.08. The summed E-state index contributed by atoms with van der Waals surface area (Å²) in [7, 11) is 0. The van der Waals surface area contributed by atoms with Gasteiger partial charge >= 0.3 is 0 Å². The highest BCUT2D eigenvalue weighted by atomic mass is 35.5. The molecular formula is C17H24Cl3N. The van der Waals surface area contributed by atoms with Gasteiger partial charge in [-0.3, -0.25) is 0 Å². The maximum atomic E-state index is 6.29. The fourth-order valence-corrected chi connectivity index (χ4v) is 4.06. The molecule has 1 saturated carbocycles. The van der Waals surface area contributed by atoms with Gasteiger partial charge in [0.2, 0.25) is 0 Å². The first-order valence-electron chi connectivity index (χ1n) is 7.66. The van der Waals surface area contributed by atoms with Crippen LogP contribution in [0.15, 0.2) is 12.1 Å². The van der Waals surface area contributed by atoms with Gasteiger partial charge in [-0.2, -0.15) is 0 Å². The molecule has 0 aliphatic heterocycles. The molecule has 1 aliphatic carbocycles. The first-order chi connectivity index (χ1) is 9.80. The molecule has 1 fully saturated rings. The molecule has 2 rings (SSSR count). The quantitative estimate of drug-likeness (QED) is 0.628. The predicted molar refractivity (Wildman–Crippen MR) is 93.5 cm³/mol. The number of halogens is 3. The van der Waals surface area contributed by atoms with Crippen molar-refractivity contribution in [3.05, 3.63) is 32.8 Å². The van der Waals surface area contributed by atoms with E-state index in [0.29, 0.717) is 39.0 Å². The fraction of sp³-hybridized carbons (Fsp3) is 0.647. The average Bonchev–Trinajstić information content (AvgIpc) is 2.42. The van der Waals surface area contributed by atoms with Gasteiger partial charge in [0.1, 0.15) is 0 Å². The van der Waals surface area contributed by atoms with Crippen LogP contribution in [0.2, 0.25) is 15.1 Å². The van der Waals surface area contributed by atoms with Crippen LogP contribution in [-0.2, 0) is 6.54 Å². The van der Waals surface area contributed by atoms with Gasteiger partial charge in [-0.1, -0.05) is 68.4 Å². The summed E-state index contributed by atoms with van der Waals surface area (Å²) in [4.78, 5) is 0. The van der Waals surface area contributed by atoms with E-state index in [9.17, 15) is 0 Å². The van der Waals surface area contributed by atoms with Gasteiger partial charge in [0.15, 0.2) is 0 Å². The zero-order valence-electron chi connectivity index (χ0n) is 13.0. The Morgan fingerprint density at radius 3 is 2.33 bits per heavy atom. The van der Waals surface area contributed by atoms with Crippen LogP contribution in [0.3, 0.4) is 0 Å². The van der Waals surface area contributed by atoms with Crippen molar-refractivity contribution in [2.45, 2.75) is 59.0 Å². The van der Waals surface area contributed by atoms with Crippen LogP contribution in [-0.4, -0.2) is 6.04 Å². The van der Waals surface area contributed by atoms with Crippen LogP contribution in [0.1, 0.15) is 52.0 Å². The molecule has 0 aromatic heterocycles. The molecule has 1 aromatic carbocycles. The Balaban J connectivity index is 2.10. The van der Waals surface area contributed by atoms with Crippen LogP contribution in [0, 0.1) is 11.3 Å². The molecule has 0 saturated heterocycles. The average molecular weight is 349 g/mol. The van der Waals surface area contributed by atoms with Gasteiger partial charge in [-0.05, 0) is 36.3 Å². The molecule has 0 heterocycles. The van der Waals surface area contributed by atoms with E-state index in [1.807, 2.05) is 6.07 Å². The zero-order chi connectivity index (χ0) is 15.6. The van der Waals surface area contributed by atoms with Crippen LogP contribution in [0.4, 0.5) is 0 Å². The summed E-state index contributed by atoms with van der Waals surface area (Å²) in [5.74, 6) is 0.683. The van der Waals surface area contributed by atoms with Gasteiger partial charge in [-0.25, -0.2) is 0 Å². The molecule has 1 nitrogen and oxygen atoms in total. The molecule has 1 N–H and O–H groups in total. The van der Waals surface area contributed by atoms with Crippen molar-refractivity contribution in [3.63, 3.8) is 0 Å². The molecular weight excluding hydrogens is 325 g/mol. The van der Waals surface area contributed by atoms with E-state index in [4.69, 9.17) is 34.8 Å². The van der Waals surface area contributed by atoms with E-state index < -0.39 is 0 Å². The first-order valence-corrected chi connectivity index (χ1v) is 8.80. The molecule has 4 heteroatoms. The van der Waals surface area contributed by atoms with Crippen LogP contribution >= 0.6 is 34.8 Å². The summed E-state index contributed by atoms with van der Waals surface area (Å²) in [5.41, 5.74) is 1.23. The number of benzene rings is 1. The smallest absolute Gasteiger partial charge is 0.0652 e. The highest BCUT2D eigenvalue weighted by molar-refractivity contribution is 6.44. The summed E-state index contributed by atoms with van der Waals surface area (Å²) >= 11 is 18.6. The summed E-state index contributed by atoms with van der Waals surface area (Å²) in [6.45, 7) is 7.67. The standard InChI is InChI=1S/C17H24Cl3N/c1-17(2,3)12-6-4-5-7-15(12)21-10-11-13(18)8-9-14(19)16(11)20/h8-9,12,15,21H,4-7,10H2,1-3H3. The maximum Gasteiger partial charge on any atom is 0.0652 e.